The minimum Gasteiger partial charge on any atom is -0.384 e. The van der Waals surface area contributed by atoms with Crippen LogP contribution in [-0.2, 0) is 4.74 Å². The third-order valence-electron chi connectivity index (χ3n) is 3.00. The Bertz CT molecular complexity index is 594. The highest BCUT2D eigenvalue weighted by Crippen LogP contribution is 2.33. The Balaban J connectivity index is 2.46. The molecule has 0 radical (unpaired) electrons. The van der Waals surface area contributed by atoms with Gasteiger partial charge < -0.3 is 4.74 Å². The first-order chi connectivity index (χ1) is 9.52. The maximum absolute atomic E-state index is 6.29. The number of nitrogens with zero attached hydrogens (tertiary/aromatic N) is 2. The van der Waals surface area contributed by atoms with E-state index in [-0.39, 0.29) is 5.92 Å². The summed E-state index contributed by atoms with van der Waals surface area (Å²) < 4.78 is 5.10. The van der Waals surface area contributed by atoms with Gasteiger partial charge in [-0.2, -0.15) is 0 Å². The lowest BCUT2D eigenvalue weighted by Crippen LogP contribution is -2.08. The fourth-order valence-corrected chi connectivity index (χ4v) is 2.63. The van der Waals surface area contributed by atoms with Crippen LogP contribution in [0.25, 0.3) is 11.1 Å². The summed E-state index contributed by atoms with van der Waals surface area (Å²) in [7, 11) is 1.64. The molecule has 5 heteroatoms. The Morgan fingerprint density at radius 1 is 1.20 bits per heavy atom. The van der Waals surface area contributed by atoms with Crippen molar-refractivity contribution in [3.63, 3.8) is 0 Å². The van der Waals surface area contributed by atoms with Crippen molar-refractivity contribution >= 4 is 23.2 Å². The van der Waals surface area contributed by atoms with Crippen LogP contribution < -0.4 is 0 Å². The zero-order chi connectivity index (χ0) is 14.7. The molecule has 1 atom stereocenters. The minimum absolute atomic E-state index is 0.0431. The van der Waals surface area contributed by atoms with Crippen molar-refractivity contribution in [2.75, 3.05) is 13.7 Å². The van der Waals surface area contributed by atoms with Crippen LogP contribution in [0.5, 0.6) is 0 Å². The number of hydrogen-bond donors (Lipinski definition) is 0. The van der Waals surface area contributed by atoms with Crippen LogP contribution in [0.4, 0.5) is 0 Å². The van der Waals surface area contributed by atoms with E-state index < -0.39 is 0 Å². The van der Waals surface area contributed by atoms with Gasteiger partial charge in [0.05, 0.1) is 12.2 Å². The number of ether oxygens (including phenoxy) is 1. The van der Waals surface area contributed by atoms with E-state index in [1.807, 2.05) is 38.1 Å². The van der Waals surface area contributed by atoms with E-state index >= 15 is 0 Å². The summed E-state index contributed by atoms with van der Waals surface area (Å²) in [6.45, 7) is 4.51. The van der Waals surface area contributed by atoms with Crippen LogP contribution in [0.3, 0.4) is 0 Å². The topological polar surface area (TPSA) is 35.0 Å². The molecule has 1 aromatic carbocycles. The van der Waals surface area contributed by atoms with E-state index in [1.54, 1.807) is 7.11 Å². The van der Waals surface area contributed by atoms with Crippen LogP contribution in [0, 0.1) is 6.92 Å². The van der Waals surface area contributed by atoms with Crippen LogP contribution >= 0.6 is 23.2 Å². The summed E-state index contributed by atoms with van der Waals surface area (Å²) in [6, 6.07) is 7.93. The third-order valence-corrected chi connectivity index (χ3v) is 3.55. The van der Waals surface area contributed by atoms with E-state index in [4.69, 9.17) is 27.9 Å². The number of benzene rings is 1. The number of methoxy groups -OCH3 is 1. The van der Waals surface area contributed by atoms with Crippen LogP contribution in [0.15, 0.2) is 24.3 Å². The van der Waals surface area contributed by atoms with Gasteiger partial charge in [0.25, 0.3) is 0 Å². The predicted octanol–water partition coefficient (Wildman–Crippen LogP) is 4.51. The van der Waals surface area contributed by atoms with Crippen molar-refractivity contribution in [1.82, 2.24) is 9.97 Å². The highest BCUT2D eigenvalue weighted by atomic mass is 35.5. The second-order valence-electron chi connectivity index (χ2n) is 4.76. The molecule has 1 heterocycles. The molecule has 0 spiro atoms. The van der Waals surface area contributed by atoms with Crippen LogP contribution in [0.2, 0.25) is 10.3 Å². The average molecular weight is 311 g/mol. The SMILES string of the molecule is COCC(C)c1nc(Cl)c(-c2cccc(C)c2)c(Cl)n1. The zero-order valence-corrected chi connectivity index (χ0v) is 13.2. The average Bonchev–Trinajstić information content (AvgIpc) is 2.38. The Morgan fingerprint density at radius 2 is 1.85 bits per heavy atom. The molecule has 1 unspecified atom stereocenters. The molecule has 0 fully saturated rings. The van der Waals surface area contributed by atoms with Gasteiger partial charge in [-0.3, -0.25) is 0 Å². The summed E-state index contributed by atoms with van der Waals surface area (Å²) >= 11 is 12.6. The number of rotatable bonds is 4. The lowest BCUT2D eigenvalue weighted by Gasteiger charge is -2.13. The molecular weight excluding hydrogens is 295 g/mol. The lowest BCUT2D eigenvalue weighted by atomic mass is 10.1. The lowest BCUT2D eigenvalue weighted by molar-refractivity contribution is 0.181. The summed E-state index contributed by atoms with van der Waals surface area (Å²) in [6.07, 6.45) is 0. The standard InChI is InChI=1S/C15H16Cl2N2O/c1-9-5-4-6-11(7-9)12-13(16)18-15(19-14(12)17)10(2)8-20-3/h4-7,10H,8H2,1-3H3. The summed E-state index contributed by atoms with van der Waals surface area (Å²) in [5.74, 6) is 0.639. The Kier molecular flexibility index (Phi) is 4.97. The maximum Gasteiger partial charge on any atom is 0.142 e. The van der Waals surface area contributed by atoms with Crippen molar-refractivity contribution in [2.45, 2.75) is 19.8 Å². The first-order valence-electron chi connectivity index (χ1n) is 6.31. The first kappa shape index (κ1) is 15.2. The number of hydrogen-bond acceptors (Lipinski definition) is 3. The molecule has 20 heavy (non-hydrogen) atoms. The number of aromatic nitrogens is 2. The third kappa shape index (κ3) is 3.29. The van der Waals surface area contributed by atoms with Gasteiger partial charge in [-0.25, -0.2) is 9.97 Å². The molecule has 106 valence electrons. The number of halogens is 2. The maximum atomic E-state index is 6.29. The van der Waals surface area contributed by atoms with Crippen molar-refractivity contribution in [1.29, 1.82) is 0 Å². The largest absolute Gasteiger partial charge is 0.384 e. The highest BCUT2D eigenvalue weighted by Gasteiger charge is 2.17. The van der Waals surface area contributed by atoms with Gasteiger partial charge in [-0.15, -0.1) is 0 Å². The molecule has 3 nitrogen and oxygen atoms in total. The molecule has 0 aliphatic heterocycles. The van der Waals surface area contributed by atoms with Gasteiger partial charge in [0.1, 0.15) is 16.1 Å². The fraction of sp³-hybridized carbons (Fsp3) is 0.333. The molecular formula is C15H16Cl2N2O. The molecule has 0 aliphatic carbocycles. The molecule has 0 bridgehead atoms. The molecule has 0 aliphatic rings. The van der Waals surface area contributed by atoms with Crippen LogP contribution in [0.1, 0.15) is 24.2 Å². The summed E-state index contributed by atoms with van der Waals surface area (Å²) in [4.78, 5) is 8.70. The monoisotopic (exact) mass is 310 g/mol. The Hall–Kier alpha value is -1.16. The van der Waals surface area contributed by atoms with E-state index in [0.717, 1.165) is 11.1 Å². The van der Waals surface area contributed by atoms with Crippen LogP contribution in [-0.4, -0.2) is 23.7 Å². The molecule has 2 aromatic rings. The summed E-state index contributed by atoms with van der Waals surface area (Å²) in [5, 5.41) is 0.738. The van der Waals surface area contributed by atoms with Gasteiger partial charge in [-0.1, -0.05) is 60.0 Å². The molecule has 0 saturated carbocycles. The fourth-order valence-electron chi connectivity index (χ4n) is 2.01. The first-order valence-corrected chi connectivity index (χ1v) is 7.07. The van der Waals surface area contributed by atoms with Gasteiger partial charge in [0.2, 0.25) is 0 Å². The Morgan fingerprint density at radius 3 is 2.40 bits per heavy atom. The molecule has 1 aromatic heterocycles. The minimum atomic E-state index is 0.0431. The van der Waals surface area contributed by atoms with E-state index in [2.05, 4.69) is 9.97 Å². The highest BCUT2D eigenvalue weighted by molar-refractivity contribution is 6.37. The number of aryl methyl sites for hydroxylation is 1. The predicted molar refractivity (Wildman–Crippen MR) is 82.5 cm³/mol. The molecule has 0 amide bonds. The van der Waals surface area contributed by atoms with Gasteiger partial charge in [0, 0.05) is 13.0 Å². The Labute approximate surface area is 128 Å². The van der Waals surface area contributed by atoms with Crippen molar-refractivity contribution in [3.8, 4) is 11.1 Å². The van der Waals surface area contributed by atoms with Gasteiger partial charge in [-0.05, 0) is 12.5 Å². The molecule has 2 rings (SSSR count). The van der Waals surface area contributed by atoms with Gasteiger partial charge in [0.15, 0.2) is 0 Å². The quantitative estimate of drug-likeness (QED) is 0.779. The molecule has 0 N–H and O–H groups in total. The van der Waals surface area contributed by atoms with Crippen molar-refractivity contribution in [2.24, 2.45) is 0 Å². The van der Waals surface area contributed by atoms with E-state index in [0.29, 0.717) is 28.3 Å². The summed E-state index contributed by atoms with van der Waals surface area (Å²) in [5.41, 5.74) is 2.72. The normalized spacial score (nSPS) is 12.4. The van der Waals surface area contributed by atoms with Crippen molar-refractivity contribution in [3.05, 3.63) is 46.0 Å². The molecule has 0 saturated heterocycles. The second kappa shape index (κ2) is 6.53. The zero-order valence-electron chi connectivity index (χ0n) is 11.7. The van der Waals surface area contributed by atoms with Crippen molar-refractivity contribution < 1.29 is 4.74 Å². The van der Waals surface area contributed by atoms with E-state index in [1.165, 1.54) is 0 Å². The van der Waals surface area contributed by atoms with E-state index in [9.17, 15) is 0 Å². The van der Waals surface area contributed by atoms with Gasteiger partial charge >= 0.3 is 0 Å². The second-order valence-corrected chi connectivity index (χ2v) is 5.48. The smallest absolute Gasteiger partial charge is 0.142 e.